The lowest BCUT2D eigenvalue weighted by Crippen LogP contribution is -2.30. The summed E-state index contributed by atoms with van der Waals surface area (Å²) in [5.41, 5.74) is 3.28. The highest BCUT2D eigenvalue weighted by Gasteiger charge is 2.16. The molecule has 0 aliphatic carbocycles. The fourth-order valence-corrected chi connectivity index (χ4v) is 2.94. The molecule has 3 nitrogen and oxygen atoms in total. The first-order chi connectivity index (χ1) is 13.3. The third-order valence-corrected chi connectivity index (χ3v) is 4.32. The van der Waals surface area contributed by atoms with Crippen LogP contribution in [-0.2, 0) is 6.54 Å². The molecular weight excluding hydrogens is 332 g/mol. The highest BCUT2D eigenvalue weighted by molar-refractivity contribution is 6.03. The van der Waals surface area contributed by atoms with Gasteiger partial charge in [-0.25, -0.2) is 0 Å². The van der Waals surface area contributed by atoms with Crippen LogP contribution >= 0.6 is 0 Å². The van der Waals surface area contributed by atoms with Gasteiger partial charge in [-0.15, -0.1) is 0 Å². The average molecular weight is 363 g/mol. The highest BCUT2D eigenvalue weighted by atomic mass is 16.3. The van der Waals surface area contributed by atoms with Crippen LogP contribution in [0, 0.1) is 0 Å². The minimum absolute atomic E-state index is 0.0176. The van der Waals surface area contributed by atoms with Gasteiger partial charge in [-0.1, -0.05) is 80.2 Å². The Morgan fingerprint density at radius 2 is 1.78 bits per heavy atom. The molecule has 0 bridgehead atoms. The predicted octanol–water partition coefficient (Wildman–Crippen LogP) is 4.82. The van der Waals surface area contributed by atoms with E-state index in [2.05, 4.69) is 48.7 Å². The molecule has 27 heavy (non-hydrogen) atoms. The first kappa shape index (κ1) is 20.8. The number of aliphatic hydroxyl groups is 1. The zero-order valence-corrected chi connectivity index (χ0v) is 16.2. The normalized spacial score (nSPS) is 13.2. The zero-order chi connectivity index (χ0) is 19.3. The van der Waals surface area contributed by atoms with Gasteiger partial charge in [0.25, 0.3) is 0 Å². The summed E-state index contributed by atoms with van der Waals surface area (Å²) in [4.78, 5) is 7.21. The van der Waals surface area contributed by atoms with E-state index in [1.54, 1.807) is 6.08 Å². The maximum atomic E-state index is 9.54. The van der Waals surface area contributed by atoms with Crippen LogP contribution in [0.15, 0.2) is 90.5 Å². The number of hydrogen-bond donors (Lipinski definition) is 1. The first-order valence-corrected chi connectivity index (χ1v) is 9.55. The van der Waals surface area contributed by atoms with Crippen LogP contribution in [-0.4, -0.2) is 35.4 Å². The topological polar surface area (TPSA) is 35.8 Å². The van der Waals surface area contributed by atoms with E-state index < -0.39 is 0 Å². The molecule has 3 heteroatoms. The molecule has 2 aromatic rings. The van der Waals surface area contributed by atoms with Crippen molar-refractivity contribution < 1.29 is 5.11 Å². The smallest absolute Gasteiger partial charge is 0.0883 e. The van der Waals surface area contributed by atoms with E-state index in [0.29, 0.717) is 6.54 Å². The van der Waals surface area contributed by atoms with Gasteiger partial charge in [0.2, 0.25) is 0 Å². The van der Waals surface area contributed by atoms with Gasteiger partial charge in [0.15, 0.2) is 0 Å². The number of rotatable bonds is 11. The van der Waals surface area contributed by atoms with E-state index in [0.717, 1.165) is 30.8 Å². The Balaban J connectivity index is 2.26. The quantitative estimate of drug-likeness (QED) is 0.582. The van der Waals surface area contributed by atoms with Crippen molar-refractivity contribution in [2.24, 2.45) is 4.99 Å². The van der Waals surface area contributed by atoms with Crippen molar-refractivity contribution in [2.45, 2.75) is 25.9 Å². The monoisotopic (exact) mass is 362 g/mol. The minimum Gasteiger partial charge on any atom is -0.395 e. The van der Waals surface area contributed by atoms with Crippen molar-refractivity contribution in [3.05, 3.63) is 96.6 Å². The molecule has 0 spiro atoms. The van der Waals surface area contributed by atoms with E-state index in [4.69, 9.17) is 4.99 Å². The van der Waals surface area contributed by atoms with E-state index in [1.807, 2.05) is 42.5 Å². The molecule has 0 saturated heterocycles. The number of nitrogens with zero attached hydrogens (tertiary/aromatic N) is 2. The lowest BCUT2D eigenvalue weighted by Gasteiger charge is -2.26. The van der Waals surface area contributed by atoms with Crippen LogP contribution in [0.3, 0.4) is 0 Å². The molecule has 0 aliphatic heterocycles. The van der Waals surface area contributed by atoms with Crippen LogP contribution in [0.25, 0.3) is 0 Å². The van der Waals surface area contributed by atoms with E-state index in [1.165, 1.54) is 5.56 Å². The van der Waals surface area contributed by atoms with Crippen LogP contribution in [0.4, 0.5) is 0 Å². The number of aliphatic hydroxyl groups excluding tert-OH is 1. The zero-order valence-electron chi connectivity index (χ0n) is 16.2. The van der Waals surface area contributed by atoms with Gasteiger partial charge in [0, 0.05) is 19.6 Å². The number of hydrogen-bond acceptors (Lipinski definition) is 3. The van der Waals surface area contributed by atoms with Crippen molar-refractivity contribution >= 4 is 5.71 Å². The van der Waals surface area contributed by atoms with Crippen molar-refractivity contribution in [2.75, 3.05) is 19.7 Å². The number of aliphatic imine (C=N–C) groups is 1. The fraction of sp³-hybridized carbons (Fsp3) is 0.292. The Morgan fingerprint density at radius 1 is 1.11 bits per heavy atom. The lowest BCUT2D eigenvalue weighted by molar-refractivity contribution is 0.183. The summed E-state index contributed by atoms with van der Waals surface area (Å²) >= 11 is 0. The van der Waals surface area contributed by atoms with Gasteiger partial charge in [-0.05, 0) is 29.7 Å². The van der Waals surface area contributed by atoms with Gasteiger partial charge >= 0.3 is 0 Å². The Kier molecular flexibility index (Phi) is 9.25. The SMILES string of the molecule is C=CC(/C=C\CC)=NC(CN(CCO)Cc1ccccc1)c1ccccc1. The highest BCUT2D eigenvalue weighted by Crippen LogP contribution is 2.20. The molecule has 0 saturated carbocycles. The van der Waals surface area contributed by atoms with Gasteiger partial charge < -0.3 is 5.11 Å². The third kappa shape index (κ3) is 7.33. The van der Waals surface area contributed by atoms with Gasteiger partial charge in [0.05, 0.1) is 18.4 Å². The fourth-order valence-electron chi connectivity index (χ4n) is 2.94. The summed E-state index contributed by atoms with van der Waals surface area (Å²) in [6.07, 6.45) is 6.89. The van der Waals surface area contributed by atoms with Crippen molar-refractivity contribution in [3.8, 4) is 0 Å². The van der Waals surface area contributed by atoms with Crippen LogP contribution in [0.1, 0.15) is 30.5 Å². The molecule has 0 aliphatic rings. The second kappa shape index (κ2) is 12.0. The summed E-state index contributed by atoms with van der Waals surface area (Å²) < 4.78 is 0. The molecule has 0 radical (unpaired) electrons. The standard InChI is InChI=1S/C24H30N2O/c1-3-5-16-23(4-2)25-24(22-14-10-7-11-15-22)20-26(17-18-27)19-21-12-8-6-9-13-21/h4-16,24,27H,2-3,17-20H2,1H3/b16-5-,25-23?. The lowest BCUT2D eigenvalue weighted by atomic mass is 10.1. The van der Waals surface area contributed by atoms with Crippen LogP contribution in [0.2, 0.25) is 0 Å². The first-order valence-electron chi connectivity index (χ1n) is 9.55. The Morgan fingerprint density at radius 3 is 2.37 bits per heavy atom. The second-order valence-corrected chi connectivity index (χ2v) is 6.44. The van der Waals surface area contributed by atoms with Gasteiger partial charge in [-0.3, -0.25) is 9.89 Å². The summed E-state index contributed by atoms with van der Waals surface area (Å²) in [6.45, 7) is 8.27. The van der Waals surface area contributed by atoms with Crippen LogP contribution in [0.5, 0.6) is 0 Å². The number of allylic oxidation sites excluding steroid dienone is 3. The average Bonchev–Trinajstić information content (AvgIpc) is 2.71. The molecule has 1 N–H and O–H groups in total. The molecule has 0 aromatic heterocycles. The summed E-state index contributed by atoms with van der Waals surface area (Å²) in [6, 6.07) is 20.6. The largest absolute Gasteiger partial charge is 0.395 e. The summed E-state index contributed by atoms with van der Waals surface area (Å²) in [7, 11) is 0. The Hall–Kier alpha value is -2.49. The molecule has 1 atom stereocenters. The molecule has 1 unspecified atom stereocenters. The van der Waals surface area contributed by atoms with Crippen molar-refractivity contribution in [1.82, 2.24) is 4.90 Å². The van der Waals surface area contributed by atoms with E-state index in [-0.39, 0.29) is 12.6 Å². The second-order valence-electron chi connectivity index (χ2n) is 6.44. The molecule has 142 valence electrons. The minimum atomic E-state index is -0.0176. The molecule has 0 heterocycles. The van der Waals surface area contributed by atoms with E-state index in [9.17, 15) is 5.11 Å². The van der Waals surface area contributed by atoms with Gasteiger partial charge in [0.1, 0.15) is 0 Å². The predicted molar refractivity (Wildman–Crippen MR) is 115 cm³/mol. The molecule has 0 amide bonds. The van der Waals surface area contributed by atoms with Crippen LogP contribution < -0.4 is 0 Å². The number of benzene rings is 2. The van der Waals surface area contributed by atoms with Crippen molar-refractivity contribution in [3.63, 3.8) is 0 Å². The molecule has 0 fully saturated rings. The third-order valence-electron chi connectivity index (χ3n) is 4.32. The van der Waals surface area contributed by atoms with E-state index >= 15 is 0 Å². The van der Waals surface area contributed by atoms with Gasteiger partial charge in [-0.2, -0.15) is 0 Å². The summed E-state index contributed by atoms with van der Waals surface area (Å²) in [5, 5.41) is 9.54. The molecule has 2 rings (SSSR count). The summed E-state index contributed by atoms with van der Waals surface area (Å²) in [5.74, 6) is 0. The Bertz CT molecular complexity index is 723. The maximum Gasteiger partial charge on any atom is 0.0883 e. The molecular formula is C24H30N2O. The maximum absolute atomic E-state index is 9.54. The Labute approximate surface area is 163 Å². The van der Waals surface area contributed by atoms with Crippen molar-refractivity contribution in [1.29, 1.82) is 0 Å². The molecule has 2 aromatic carbocycles.